The molecule has 1 N–H and O–H groups in total. The summed E-state index contributed by atoms with van der Waals surface area (Å²) in [4.78, 5) is 25.2. The van der Waals surface area contributed by atoms with Gasteiger partial charge in [0.15, 0.2) is 0 Å². The Morgan fingerprint density at radius 2 is 2.04 bits per heavy atom. The first kappa shape index (κ1) is 17.6. The number of rotatable bonds is 6. The molecule has 0 spiro atoms. The van der Waals surface area contributed by atoms with Crippen molar-refractivity contribution in [1.82, 2.24) is 15.1 Å². The zero-order valence-electron chi connectivity index (χ0n) is 13.5. The van der Waals surface area contributed by atoms with Crippen LogP contribution in [0.15, 0.2) is 41.2 Å². The second-order valence-corrected chi connectivity index (χ2v) is 7.01. The third-order valence-electron chi connectivity index (χ3n) is 3.66. The quantitative estimate of drug-likeness (QED) is 0.716. The number of carbonyl (C=O) groups is 1. The van der Waals surface area contributed by atoms with Gasteiger partial charge in [-0.2, -0.15) is 5.10 Å². The molecule has 3 aromatic rings. The minimum absolute atomic E-state index is 0.173. The van der Waals surface area contributed by atoms with E-state index in [2.05, 4.69) is 10.4 Å². The molecule has 2 heterocycles. The minimum Gasteiger partial charge on any atom is -0.383 e. The van der Waals surface area contributed by atoms with Crippen molar-refractivity contribution in [2.24, 2.45) is 0 Å². The van der Waals surface area contributed by atoms with Crippen LogP contribution in [0.25, 0.3) is 10.8 Å². The van der Waals surface area contributed by atoms with Gasteiger partial charge in [-0.3, -0.25) is 9.59 Å². The first-order chi connectivity index (χ1) is 12.1. The first-order valence-corrected chi connectivity index (χ1v) is 8.81. The number of thiophene rings is 1. The Labute approximate surface area is 153 Å². The fourth-order valence-corrected chi connectivity index (χ4v) is 3.41. The van der Waals surface area contributed by atoms with Gasteiger partial charge >= 0.3 is 0 Å². The molecule has 0 saturated carbocycles. The van der Waals surface area contributed by atoms with E-state index >= 15 is 0 Å². The maximum Gasteiger partial charge on any atom is 0.274 e. The summed E-state index contributed by atoms with van der Waals surface area (Å²) in [6, 6.07) is 10.6. The highest BCUT2D eigenvalue weighted by atomic mass is 35.5. The van der Waals surface area contributed by atoms with Gasteiger partial charge in [0, 0.05) is 12.5 Å². The number of carbonyl (C=O) groups excluding carboxylic acids is 1. The second-order valence-electron chi connectivity index (χ2n) is 5.30. The van der Waals surface area contributed by atoms with Gasteiger partial charge in [0.1, 0.15) is 0 Å². The fourth-order valence-electron chi connectivity index (χ4n) is 2.45. The van der Waals surface area contributed by atoms with E-state index in [0.717, 1.165) is 5.39 Å². The summed E-state index contributed by atoms with van der Waals surface area (Å²) in [5.74, 6) is -0.225. The molecular formula is C17H16ClN3O3S. The largest absolute Gasteiger partial charge is 0.383 e. The van der Waals surface area contributed by atoms with E-state index in [0.29, 0.717) is 33.4 Å². The Hall–Kier alpha value is -2.22. The van der Waals surface area contributed by atoms with Crippen molar-refractivity contribution in [1.29, 1.82) is 0 Å². The lowest BCUT2D eigenvalue weighted by molar-refractivity contribution is 0.0954. The summed E-state index contributed by atoms with van der Waals surface area (Å²) in [5, 5.41) is 8.52. The molecule has 3 rings (SSSR count). The van der Waals surface area contributed by atoms with Gasteiger partial charge in [0.05, 0.1) is 40.0 Å². The number of amides is 1. The lowest BCUT2D eigenvalue weighted by atomic mass is 10.1. The third-order valence-corrected chi connectivity index (χ3v) is 4.89. The molecule has 8 heteroatoms. The van der Waals surface area contributed by atoms with Crippen molar-refractivity contribution >= 4 is 39.6 Å². The summed E-state index contributed by atoms with van der Waals surface area (Å²) in [5.41, 5.74) is 0.454. The highest BCUT2D eigenvalue weighted by molar-refractivity contribution is 7.17. The average Bonchev–Trinajstić information content (AvgIpc) is 3.06. The fraction of sp³-hybridized carbons (Fsp3) is 0.235. The van der Waals surface area contributed by atoms with E-state index in [-0.39, 0.29) is 18.0 Å². The molecule has 0 unspecified atom stereocenters. The number of hydrogen-bond donors (Lipinski definition) is 1. The molecule has 6 nitrogen and oxygen atoms in total. The number of aromatic nitrogens is 2. The van der Waals surface area contributed by atoms with Crippen LogP contribution in [0.3, 0.4) is 0 Å². The molecule has 1 aromatic carbocycles. The van der Waals surface area contributed by atoms with Gasteiger partial charge in [-0.05, 0) is 18.2 Å². The third kappa shape index (κ3) is 3.89. The highest BCUT2D eigenvalue weighted by Crippen LogP contribution is 2.21. The normalized spacial score (nSPS) is 11.0. The summed E-state index contributed by atoms with van der Waals surface area (Å²) in [7, 11) is 1.57. The van der Waals surface area contributed by atoms with Crippen LogP contribution in [0.2, 0.25) is 4.34 Å². The molecule has 130 valence electrons. The van der Waals surface area contributed by atoms with Crippen LogP contribution in [0.5, 0.6) is 0 Å². The SMILES string of the molecule is COCCn1nc(CNC(=O)c2ccc(Cl)s2)c2ccccc2c1=O. The molecule has 1 amide bonds. The van der Waals surface area contributed by atoms with E-state index in [1.807, 2.05) is 12.1 Å². The number of benzene rings is 1. The number of hydrogen-bond acceptors (Lipinski definition) is 5. The predicted molar refractivity (Wildman–Crippen MR) is 98.4 cm³/mol. The number of fused-ring (bicyclic) bond motifs is 1. The maximum atomic E-state index is 12.5. The van der Waals surface area contributed by atoms with Crippen molar-refractivity contribution in [2.75, 3.05) is 13.7 Å². The van der Waals surface area contributed by atoms with Crippen LogP contribution in [0, 0.1) is 0 Å². The Morgan fingerprint density at radius 1 is 1.28 bits per heavy atom. The van der Waals surface area contributed by atoms with Crippen LogP contribution in [-0.2, 0) is 17.8 Å². The minimum atomic E-state index is -0.225. The Balaban J connectivity index is 1.90. The summed E-state index contributed by atoms with van der Waals surface area (Å²) in [6.07, 6.45) is 0. The summed E-state index contributed by atoms with van der Waals surface area (Å²) >= 11 is 7.08. The van der Waals surface area contributed by atoms with Gasteiger partial charge < -0.3 is 10.1 Å². The predicted octanol–water partition coefficient (Wildman–Crippen LogP) is 2.69. The Bertz CT molecular complexity index is 967. The monoisotopic (exact) mass is 377 g/mol. The van der Waals surface area contributed by atoms with Crippen LogP contribution >= 0.6 is 22.9 Å². The molecular weight excluding hydrogens is 362 g/mol. The smallest absolute Gasteiger partial charge is 0.274 e. The summed E-state index contributed by atoms with van der Waals surface area (Å²) in [6.45, 7) is 0.939. The molecule has 2 aromatic heterocycles. The van der Waals surface area contributed by atoms with Crippen molar-refractivity contribution in [3.63, 3.8) is 0 Å². The molecule has 0 fully saturated rings. The lowest BCUT2D eigenvalue weighted by Gasteiger charge is -2.11. The maximum absolute atomic E-state index is 12.5. The molecule has 25 heavy (non-hydrogen) atoms. The van der Waals surface area contributed by atoms with Crippen LogP contribution in [-0.4, -0.2) is 29.4 Å². The number of nitrogens with zero attached hydrogens (tertiary/aromatic N) is 2. The van der Waals surface area contributed by atoms with Gasteiger partial charge in [0.25, 0.3) is 11.5 Å². The standard InChI is InChI=1S/C17H16ClN3O3S/c1-24-9-8-21-17(23)12-5-3-2-4-11(12)13(20-21)10-19-16(22)14-6-7-15(18)25-14/h2-7H,8-10H2,1H3,(H,19,22). The zero-order valence-corrected chi connectivity index (χ0v) is 15.1. The van der Waals surface area contributed by atoms with Crippen molar-refractivity contribution in [3.8, 4) is 0 Å². The highest BCUT2D eigenvalue weighted by Gasteiger charge is 2.13. The number of ether oxygens (including phenoxy) is 1. The molecule has 0 aliphatic rings. The van der Waals surface area contributed by atoms with Crippen molar-refractivity contribution in [2.45, 2.75) is 13.1 Å². The number of methoxy groups -OCH3 is 1. The number of halogens is 1. The van der Waals surface area contributed by atoms with E-state index in [1.54, 1.807) is 31.4 Å². The van der Waals surface area contributed by atoms with E-state index < -0.39 is 0 Å². The molecule has 0 radical (unpaired) electrons. The Kier molecular flexibility index (Phi) is 5.47. The van der Waals surface area contributed by atoms with Gasteiger partial charge in [-0.15, -0.1) is 11.3 Å². The molecule has 0 saturated heterocycles. The lowest BCUT2D eigenvalue weighted by Crippen LogP contribution is -2.29. The molecule has 0 aliphatic heterocycles. The molecule has 0 bridgehead atoms. The molecule has 0 aliphatic carbocycles. The first-order valence-electron chi connectivity index (χ1n) is 7.61. The average molecular weight is 378 g/mol. The van der Waals surface area contributed by atoms with E-state index in [1.165, 1.54) is 16.0 Å². The van der Waals surface area contributed by atoms with Crippen LogP contribution in [0.1, 0.15) is 15.4 Å². The van der Waals surface area contributed by atoms with Crippen molar-refractivity contribution < 1.29 is 9.53 Å². The van der Waals surface area contributed by atoms with E-state index in [9.17, 15) is 9.59 Å². The van der Waals surface area contributed by atoms with Gasteiger partial charge in [-0.1, -0.05) is 29.8 Å². The second kappa shape index (κ2) is 7.77. The van der Waals surface area contributed by atoms with Gasteiger partial charge in [-0.25, -0.2) is 4.68 Å². The summed E-state index contributed by atoms with van der Waals surface area (Å²) < 4.78 is 6.96. The number of nitrogens with one attached hydrogen (secondary N) is 1. The van der Waals surface area contributed by atoms with Crippen molar-refractivity contribution in [3.05, 3.63) is 61.7 Å². The van der Waals surface area contributed by atoms with Gasteiger partial charge in [0.2, 0.25) is 0 Å². The van der Waals surface area contributed by atoms with Crippen LogP contribution < -0.4 is 10.9 Å². The Morgan fingerprint density at radius 3 is 2.72 bits per heavy atom. The van der Waals surface area contributed by atoms with Crippen LogP contribution in [0.4, 0.5) is 0 Å². The van der Waals surface area contributed by atoms with E-state index in [4.69, 9.17) is 16.3 Å². The molecule has 0 atom stereocenters. The zero-order chi connectivity index (χ0) is 17.8. The topological polar surface area (TPSA) is 73.2 Å².